The van der Waals surface area contributed by atoms with E-state index in [1.54, 1.807) is 0 Å². The number of hydrogen-bond acceptors (Lipinski definition) is 2. The van der Waals surface area contributed by atoms with Crippen LogP contribution >= 0.6 is 35.8 Å². The number of benzene rings is 4. The normalized spacial score (nSPS) is 11.8. The van der Waals surface area contributed by atoms with Crippen molar-refractivity contribution in [2.24, 2.45) is 4.99 Å². The molecule has 4 aromatic carbocycles. The summed E-state index contributed by atoms with van der Waals surface area (Å²) < 4.78 is 0. The van der Waals surface area contributed by atoms with Gasteiger partial charge in [-0.25, -0.2) is 0 Å². The Labute approximate surface area is 258 Å². The Balaban J connectivity index is 0.00000103. The van der Waals surface area contributed by atoms with Gasteiger partial charge in [-0.3, -0.25) is 4.99 Å². The van der Waals surface area contributed by atoms with Crippen LogP contribution in [0.25, 0.3) is 0 Å². The van der Waals surface area contributed by atoms with Crippen LogP contribution in [0.2, 0.25) is 0 Å². The van der Waals surface area contributed by atoms with Gasteiger partial charge in [0.05, 0.1) is 5.69 Å². The van der Waals surface area contributed by atoms with Gasteiger partial charge in [-0.2, -0.15) is 0 Å². The first-order chi connectivity index (χ1) is 18.8. The van der Waals surface area contributed by atoms with Gasteiger partial charge in [-0.15, -0.1) is 0 Å². The van der Waals surface area contributed by atoms with Crippen molar-refractivity contribution >= 4 is 63.7 Å². The third-order valence-electron chi connectivity index (χ3n) is 6.31. The maximum atomic E-state index is 11.2. The molecule has 0 aromatic heterocycles. The molecule has 7 heteroatoms. The van der Waals surface area contributed by atoms with Crippen LogP contribution in [0.5, 0.6) is 5.75 Å². The molecule has 209 valence electrons. The average molecular weight is 648 g/mol. The van der Waals surface area contributed by atoms with Crippen LogP contribution in [0.15, 0.2) is 102 Å². The summed E-state index contributed by atoms with van der Waals surface area (Å²) >= 11 is -1.92. The van der Waals surface area contributed by atoms with Crippen molar-refractivity contribution in [1.29, 1.82) is 0 Å². The first-order valence-corrected chi connectivity index (χ1v) is 20.8. The molecule has 0 saturated carbocycles. The second-order valence-corrected chi connectivity index (χ2v) is 21.4. The molecule has 1 N–H and O–H groups in total. The molecule has 4 rings (SSSR count). The first kappa shape index (κ1) is 32.9. The number of nitrogens with zero attached hydrogens (tertiary/aromatic N) is 1. The monoisotopic (exact) mass is 646 g/mol. The molecule has 0 atom stereocenters. The fraction of sp³-hybridized carbons (Fsp3) is 0.242. The summed E-state index contributed by atoms with van der Waals surface area (Å²) in [6.07, 6.45) is 1.84. The molecule has 0 aliphatic rings. The van der Waals surface area contributed by atoms with E-state index in [1.165, 1.54) is 21.5 Å². The van der Waals surface area contributed by atoms with E-state index in [0.29, 0.717) is 5.75 Å². The molecule has 0 heterocycles. The molecule has 2 nitrogen and oxygen atoms in total. The number of halogens is 3. The average Bonchev–Trinajstić information content (AvgIpc) is 2.88. The zero-order chi connectivity index (χ0) is 29.5. The van der Waals surface area contributed by atoms with Crippen LogP contribution in [0.1, 0.15) is 58.2 Å². The molecule has 4 aromatic rings. The first-order valence-electron chi connectivity index (χ1n) is 13.0. The molecule has 0 fully saturated rings. The van der Waals surface area contributed by atoms with Gasteiger partial charge in [-0.05, 0) is 47.1 Å². The van der Waals surface area contributed by atoms with Crippen molar-refractivity contribution in [1.82, 2.24) is 0 Å². The van der Waals surface area contributed by atoms with Crippen molar-refractivity contribution in [3.63, 3.8) is 0 Å². The van der Waals surface area contributed by atoms with E-state index in [-0.39, 0.29) is 10.8 Å². The second-order valence-electron chi connectivity index (χ2n) is 11.4. The number of hydrogen-bond donors (Lipinski definition) is 1. The summed E-state index contributed by atoms with van der Waals surface area (Å²) in [6.45, 7) is 13.0. The van der Waals surface area contributed by atoms with Crippen LogP contribution in [0, 0.1) is 0 Å². The van der Waals surface area contributed by atoms with Crippen molar-refractivity contribution in [3.8, 4) is 5.75 Å². The Kier molecular flexibility index (Phi) is 11.9. The van der Waals surface area contributed by atoms with Gasteiger partial charge in [0.1, 0.15) is 5.75 Å². The maximum absolute atomic E-state index is 11.2. The predicted molar refractivity (Wildman–Crippen MR) is 175 cm³/mol. The molecule has 0 aliphatic heterocycles. The molecule has 0 bridgehead atoms. The summed E-state index contributed by atoms with van der Waals surface area (Å²) in [6, 6.07) is 33.9. The summed E-state index contributed by atoms with van der Waals surface area (Å²) in [5.74, 6) is 0.310. The summed E-state index contributed by atoms with van der Waals surface area (Å²) in [5.41, 5.74) is 3.60. The van der Waals surface area contributed by atoms with Crippen LogP contribution < -0.4 is 15.9 Å². The second kappa shape index (κ2) is 14.5. The van der Waals surface area contributed by atoms with E-state index in [0.717, 1.165) is 16.8 Å². The van der Waals surface area contributed by atoms with Gasteiger partial charge < -0.3 is 5.11 Å². The van der Waals surface area contributed by atoms with Crippen molar-refractivity contribution in [3.05, 3.63) is 114 Å². The van der Waals surface area contributed by atoms with Gasteiger partial charge in [0, 0.05) is 22.6 Å². The molecule has 0 unspecified atom stereocenters. The Morgan fingerprint density at radius 1 is 0.700 bits per heavy atom. The van der Waals surface area contributed by atoms with E-state index in [1.807, 2.05) is 12.3 Å². The number of aliphatic imine (C=N–C) groups is 1. The Morgan fingerprint density at radius 3 is 1.65 bits per heavy atom. The molecule has 0 aliphatic carbocycles. The quantitative estimate of drug-likeness (QED) is 0.131. The Bertz CT molecular complexity index is 1370. The van der Waals surface area contributed by atoms with Crippen molar-refractivity contribution in [2.75, 3.05) is 0 Å². The van der Waals surface area contributed by atoms with Gasteiger partial charge in [0.2, 0.25) is 0 Å². The van der Waals surface area contributed by atoms with E-state index >= 15 is 0 Å². The van der Waals surface area contributed by atoms with Crippen LogP contribution in [0.4, 0.5) is 5.69 Å². The molecular weight excluding hydrogens is 612 g/mol. The van der Waals surface area contributed by atoms with Crippen LogP contribution in [0.3, 0.4) is 0 Å². The standard InChI is InChI=1S/C33H36NOP.3ClH.Ti/c1-32(2,3)25-21-24(31(35)28(22-25)33(4,5)6)23-34-29-19-13-14-20-30(29)36(26-15-9-7-10-16-26)27-17-11-8-12-18-27;;;;/h7-23,35H,1-6H3;3*1H;/q;;;;+3/p-3. The fourth-order valence-electron chi connectivity index (χ4n) is 4.24. The molecule has 0 spiro atoms. The minimum atomic E-state index is -1.92. The minimum absolute atomic E-state index is 0.0386. The van der Waals surface area contributed by atoms with Gasteiger partial charge >= 0.3 is 42.6 Å². The zero-order valence-electron chi connectivity index (χ0n) is 23.8. The summed E-state index contributed by atoms with van der Waals surface area (Å²) in [4.78, 5) is 4.99. The topological polar surface area (TPSA) is 32.6 Å². The zero-order valence-corrected chi connectivity index (χ0v) is 28.5. The van der Waals surface area contributed by atoms with Gasteiger partial charge in [-0.1, -0.05) is 126 Å². The van der Waals surface area contributed by atoms with E-state index < -0.39 is 22.6 Å². The number of rotatable bonds is 5. The number of para-hydroxylation sites is 1. The van der Waals surface area contributed by atoms with Gasteiger partial charge in [0.25, 0.3) is 0 Å². The summed E-state index contributed by atoms with van der Waals surface area (Å²) in [7, 11) is 14.1. The molecule has 0 radical (unpaired) electrons. The molecule has 0 amide bonds. The number of aromatic hydroxyl groups is 1. The van der Waals surface area contributed by atoms with E-state index in [9.17, 15) is 5.11 Å². The van der Waals surface area contributed by atoms with E-state index in [4.69, 9.17) is 32.9 Å². The molecular formula is C33H36Cl3NOPTi. The Morgan fingerprint density at radius 2 is 1.18 bits per heavy atom. The van der Waals surface area contributed by atoms with Crippen molar-refractivity contribution in [2.45, 2.75) is 52.4 Å². The summed E-state index contributed by atoms with van der Waals surface area (Å²) in [5, 5.41) is 15.0. The number of phenols is 1. The number of phenolic OH excluding ortho intramolecular Hbond substituents is 1. The third kappa shape index (κ3) is 9.19. The Hall–Kier alpha value is -1.64. The van der Waals surface area contributed by atoms with E-state index in [2.05, 4.69) is 133 Å². The predicted octanol–water partition coefficient (Wildman–Crippen LogP) is 9.56. The van der Waals surface area contributed by atoms with Crippen LogP contribution in [-0.4, -0.2) is 11.3 Å². The van der Waals surface area contributed by atoms with Crippen molar-refractivity contribution < 1.29 is 19.8 Å². The van der Waals surface area contributed by atoms with Crippen LogP contribution in [-0.2, 0) is 25.5 Å². The van der Waals surface area contributed by atoms with Gasteiger partial charge in [0.15, 0.2) is 0 Å². The molecule has 0 saturated heterocycles. The SMILES string of the molecule is CC(C)(C)c1cc(C=Nc2ccccc2P(c2ccccc2)c2ccccc2)c(O)c(C(C)(C)C)c1.[Cl][Ti]([Cl])[Cl]. The molecule has 40 heavy (non-hydrogen) atoms. The fourth-order valence-corrected chi connectivity index (χ4v) is 6.63. The third-order valence-corrected chi connectivity index (χ3v) is 8.80.